The molecule has 0 aliphatic heterocycles. The fraction of sp³-hybridized carbons (Fsp3) is 0.214. The standard InChI is InChI=1S/C14H14N2O4/c1-19-11-3-4-12-9(6-11)5-10(7-15-12)14(18)16-8-13(17)20-2/h3-7H,8H2,1-2H3,(H,16,18). The number of benzene rings is 1. The van der Waals surface area contributed by atoms with Gasteiger partial charge in [-0.05, 0) is 24.3 Å². The van der Waals surface area contributed by atoms with E-state index in [1.165, 1.54) is 13.3 Å². The molecule has 0 unspecified atom stereocenters. The molecular weight excluding hydrogens is 260 g/mol. The molecule has 0 bridgehead atoms. The van der Waals surface area contributed by atoms with Gasteiger partial charge in [0.05, 0.1) is 25.3 Å². The Morgan fingerprint density at radius 1 is 1.25 bits per heavy atom. The number of carbonyl (C=O) groups excluding carboxylic acids is 2. The molecule has 0 fully saturated rings. The lowest BCUT2D eigenvalue weighted by atomic mass is 10.1. The van der Waals surface area contributed by atoms with Gasteiger partial charge in [-0.25, -0.2) is 0 Å². The Hall–Kier alpha value is -2.63. The van der Waals surface area contributed by atoms with Gasteiger partial charge in [-0.3, -0.25) is 14.6 Å². The molecule has 6 nitrogen and oxygen atoms in total. The number of hydrogen-bond acceptors (Lipinski definition) is 5. The summed E-state index contributed by atoms with van der Waals surface area (Å²) in [6, 6.07) is 7.09. The maximum Gasteiger partial charge on any atom is 0.325 e. The average molecular weight is 274 g/mol. The number of hydrogen-bond donors (Lipinski definition) is 1. The molecule has 2 rings (SSSR count). The Bertz CT molecular complexity index is 655. The van der Waals surface area contributed by atoms with Crippen LogP contribution in [0.5, 0.6) is 5.75 Å². The maximum absolute atomic E-state index is 11.9. The summed E-state index contributed by atoms with van der Waals surface area (Å²) in [5.41, 5.74) is 1.13. The fourth-order valence-corrected chi connectivity index (χ4v) is 1.69. The molecule has 0 saturated heterocycles. The monoisotopic (exact) mass is 274 g/mol. The van der Waals surface area contributed by atoms with Crippen molar-refractivity contribution in [2.24, 2.45) is 0 Å². The summed E-state index contributed by atoms with van der Waals surface area (Å²) in [6.45, 7) is -0.175. The minimum absolute atomic E-state index is 0.175. The van der Waals surface area contributed by atoms with E-state index in [0.29, 0.717) is 11.3 Å². The molecule has 0 atom stereocenters. The van der Waals surface area contributed by atoms with Crippen molar-refractivity contribution in [3.8, 4) is 5.75 Å². The summed E-state index contributed by atoms with van der Waals surface area (Å²) in [5.74, 6) is -0.201. The summed E-state index contributed by atoms with van der Waals surface area (Å²) in [5, 5.41) is 3.25. The molecule has 0 spiro atoms. The van der Waals surface area contributed by atoms with E-state index in [4.69, 9.17) is 4.74 Å². The highest BCUT2D eigenvalue weighted by Gasteiger charge is 2.09. The molecule has 6 heteroatoms. The lowest BCUT2D eigenvalue weighted by molar-refractivity contribution is -0.139. The fourth-order valence-electron chi connectivity index (χ4n) is 1.69. The smallest absolute Gasteiger partial charge is 0.325 e. The van der Waals surface area contributed by atoms with Crippen molar-refractivity contribution in [3.63, 3.8) is 0 Å². The zero-order valence-electron chi connectivity index (χ0n) is 11.2. The van der Waals surface area contributed by atoms with Crippen LogP contribution in [0.3, 0.4) is 0 Å². The first-order valence-corrected chi connectivity index (χ1v) is 5.93. The van der Waals surface area contributed by atoms with E-state index in [1.54, 1.807) is 25.3 Å². The van der Waals surface area contributed by atoms with Crippen LogP contribution < -0.4 is 10.1 Å². The number of pyridine rings is 1. The Labute approximate surface area is 115 Å². The third-order valence-electron chi connectivity index (χ3n) is 2.77. The Morgan fingerprint density at radius 2 is 2.05 bits per heavy atom. The summed E-state index contributed by atoms with van der Waals surface area (Å²) in [6.07, 6.45) is 1.46. The number of rotatable bonds is 4. The van der Waals surface area contributed by atoms with Gasteiger partial charge in [-0.15, -0.1) is 0 Å². The zero-order chi connectivity index (χ0) is 14.5. The van der Waals surface area contributed by atoms with E-state index >= 15 is 0 Å². The minimum Gasteiger partial charge on any atom is -0.497 e. The van der Waals surface area contributed by atoms with Gasteiger partial charge in [0.2, 0.25) is 0 Å². The topological polar surface area (TPSA) is 77.5 Å². The molecule has 20 heavy (non-hydrogen) atoms. The molecule has 1 heterocycles. The van der Waals surface area contributed by atoms with E-state index in [0.717, 1.165) is 10.9 Å². The predicted molar refractivity (Wildman–Crippen MR) is 72.6 cm³/mol. The van der Waals surface area contributed by atoms with Gasteiger partial charge in [0, 0.05) is 11.6 Å². The van der Waals surface area contributed by atoms with Gasteiger partial charge in [-0.1, -0.05) is 0 Å². The van der Waals surface area contributed by atoms with Crippen LogP contribution in [0.15, 0.2) is 30.5 Å². The van der Waals surface area contributed by atoms with E-state index in [9.17, 15) is 9.59 Å². The minimum atomic E-state index is -0.506. The zero-order valence-corrected chi connectivity index (χ0v) is 11.2. The van der Waals surface area contributed by atoms with Crippen LogP contribution in [0.25, 0.3) is 10.9 Å². The lowest BCUT2D eigenvalue weighted by Crippen LogP contribution is -2.30. The number of nitrogens with one attached hydrogen (secondary N) is 1. The van der Waals surface area contributed by atoms with Gasteiger partial charge in [0.1, 0.15) is 12.3 Å². The second kappa shape index (κ2) is 6.01. The third-order valence-corrected chi connectivity index (χ3v) is 2.77. The molecule has 0 saturated carbocycles. The Kier molecular flexibility index (Phi) is 4.14. The summed E-state index contributed by atoms with van der Waals surface area (Å²) in [7, 11) is 2.83. The van der Waals surface area contributed by atoms with Crippen molar-refractivity contribution < 1.29 is 19.1 Å². The molecule has 0 radical (unpaired) electrons. The molecule has 1 aromatic carbocycles. The first-order chi connectivity index (χ1) is 9.63. The van der Waals surface area contributed by atoms with Gasteiger partial charge in [0.15, 0.2) is 0 Å². The molecule has 1 amide bonds. The second-order valence-corrected chi connectivity index (χ2v) is 4.04. The highest BCUT2D eigenvalue weighted by Crippen LogP contribution is 2.19. The molecule has 1 aromatic heterocycles. The summed E-state index contributed by atoms with van der Waals surface area (Å²) >= 11 is 0. The number of ether oxygens (including phenoxy) is 2. The normalized spacial score (nSPS) is 10.1. The van der Waals surface area contributed by atoms with Crippen LogP contribution in [0, 0.1) is 0 Å². The highest BCUT2D eigenvalue weighted by molar-refractivity contribution is 5.98. The number of aromatic nitrogens is 1. The van der Waals surface area contributed by atoms with Crippen molar-refractivity contribution in [1.29, 1.82) is 0 Å². The van der Waals surface area contributed by atoms with Gasteiger partial charge < -0.3 is 14.8 Å². The van der Waals surface area contributed by atoms with Gasteiger partial charge >= 0.3 is 5.97 Å². The number of amides is 1. The number of fused-ring (bicyclic) bond motifs is 1. The number of methoxy groups -OCH3 is 2. The van der Waals surface area contributed by atoms with E-state index < -0.39 is 5.97 Å². The quantitative estimate of drug-likeness (QED) is 0.846. The first-order valence-electron chi connectivity index (χ1n) is 5.93. The number of nitrogens with zero attached hydrogens (tertiary/aromatic N) is 1. The van der Waals surface area contributed by atoms with Crippen molar-refractivity contribution >= 4 is 22.8 Å². The van der Waals surface area contributed by atoms with Gasteiger partial charge in [0.25, 0.3) is 5.91 Å². The van der Waals surface area contributed by atoms with Crippen LogP contribution in [0.4, 0.5) is 0 Å². The average Bonchev–Trinajstić information content (AvgIpc) is 2.50. The first kappa shape index (κ1) is 13.8. The molecule has 0 aliphatic rings. The second-order valence-electron chi connectivity index (χ2n) is 4.04. The predicted octanol–water partition coefficient (Wildman–Crippen LogP) is 1.15. The van der Waals surface area contributed by atoms with Crippen LogP contribution in [0.2, 0.25) is 0 Å². The van der Waals surface area contributed by atoms with Crippen LogP contribution >= 0.6 is 0 Å². The van der Waals surface area contributed by atoms with Crippen molar-refractivity contribution in [3.05, 3.63) is 36.0 Å². The maximum atomic E-state index is 11.9. The summed E-state index contributed by atoms with van der Waals surface area (Å²) < 4.78 is 9.58. The van der Waals surface area contributed by atoms with Crippen molar-refractivity contribution in [2.45, 2.75) is 0 Å². The SMILES string of the molecule is COC(=O)CNC(=O)c1cnc2ccc(OC)cc2c1. The molecule has 2 aromatic rings. The Morgan fingerprint density at radius 3 is 2.75 bits per heavy atom. The third kappa shape index (κ3) is 3.03. The van der Waals surface area contributed by atoms with Crippen LogP contribution in [0.1, 0.15) is 10.4 Å². The summed E-state index contributed by atoms with van der Waals surface area (Å²) in [4.78, 5) is 27.0. The van der Waals surface area contributed by atoms with Crippen LogP contribution in [-0.4, -0.2) is 37.6 Å². The van der Waals surface area contributed by atoms with Crippen molar-refractivity contribution in [2.75, 3.05) is 20.8 Å². The van der Waals surface area contributed by atoms with Gasteiger partial charge in [-0.2, -0.15) is 0 Å². The van der Waals surface area contributed by atoms with Crippen LogP contribution in [-0.2, 0) is 9.53 Å². The molecular formula is C14H14N2O4. The van der Waals surface area contributed by atoms with E-state index in [-0.39, 0.29) is 12.5 Å². The number of carbonyl (C=O) groups is 2. The largest absolute Gasteiger partial charge is 0.497 e. The molecule has 1 N–H and O–H groups in total. The molecule has 0 aliphatic carbocycles. The van der Waals surface area contributed by atoms with Crippen molar-refractivity contribution in [1.82, 2.24) is 10.3 Å². The molecule has 104 valence electrons. The number of esters is 1. The highest BCUT2D eigenvalue weighted by atomic mass is 16.5. The lowest BCUT2D eigenvalue weighted by Gasteiger charge is -2.06. The Balaban J connectivity index is 2.21. The van der Waals surface area contributed by atoms with E-state index in [1.807, 2.05) is 6.07 Å². The van der Waals surface area contributed by atoms with E-state index in [2.05, 4.69) is 15.0 Å².